The van der Waals surface area contributed by atoms with Gasteiger partial charge in [0.05, 0.1) is 15.0 Å². The number of carbonyl (C=O) groups excluding carboxylic acids is 1. The van der Waals surface area contributed by atoms with Gasteiger partial charge in [0.2, 0.25) is 0 Å². The van der Waals surface area contributed by atoms with Gasteiger partial charge in [-0.25, -0.2) is 4.39 Å². The molecule has 0 spiro atoms. The van der Waals surface area contributed by atoms with E-state index in [9.17, 15) is 9.18 Å². The Morgan fingerprint density at radius 3 is 2.94 bits per heavy atom. The predicted molar refractivity (Wildman–Crippen MR) is 71.3 cm³/mol. The number of rotatable bonds is 2. The first-order valence-corrected chi connectivity index (χ1v) is 6.67. The molecule has 2 aromatic rings. The fourth-order valence-electron chi connectivity index (χ4n) is 2.15. The van der Waals surface area contributed by atoms with E-state index in [1.165, 1.54) is 6.07 Å². The zero-order valence-electron chi connectivity index (χ0n) is 9.16. The van der Waals surface area contributed by atoms with Crippen LogP contribution in [0.1, 0.15) is 17.9 Å². The van der Waals surface area contributed by atoms with E-state index in [2.05, 4.69) is 20.9 Å². The third-order valence-electron chi connectivity index (χ3n) is 3.29. The van der Waals surface area contributed by atoms with Gasteiger partial charge in [-0.15, -0.1) is 0 Å². The maximum atomic E-state index is 13.4. The van der Waals surface area contributed by atoms with Crippen LogP contribution in [-0.2, 0) is 4.79 Å². The van der Waals surface area contributed by atoms with E-state index in [1.807, 2.05) is 0 Å². The van der Waals surface area contributed by atoms with Crippen molar-refractivity contribution >= 4 is 44.7 Å². The van der Waals surface area contributed by atoms with Gasteiger partial charge in [-0.3, -0.25) is 4.98 Å². The molecule has 1 aliphatic carbocycles. The summed E-state index contributed by atoms with van der Waals surface area (Å²) in [5.41, 5.74) is 1.40. The Balaban J connectivity index is 2.17. The minimum atomic E-state index is -0.365. The van der Waals surface area contributed by atoms with Gasteiger partial charge in [-0.05, 0) is 39.9 Å². The first-order chi connectivity index (χ1) is 8.61. The molecule has 0 N–H and O–H groups in total. The lowest BCUT2D eigenvalue weighted by Gasteiger charge is -2.07. The zero-order valence-corrected chi connectivity index (χ0v) is 11.5. The summed E-state index contributed by atoms with van der Waals surface area (Å²) in [5.74, 6) is -0.155. The molecule has 5 heteroatoms. The maximum Gasteiger partial charge on any atom is 0.139 e. The van der Waals surface area contributed by atoms with Crippen LogP contribution >= 0.6 is 27.5 Å². The van der Waals surface area contributed by atoms with E-state index in [1.54, 1.807) is 12.3 Å². The van der Waals surface area contributed by atoms with Crippen molar-refractivity contribution < 1.29 is 9.18 Å². The van der Waals surface area contributed by atoms with Crippen LogP contribution in [0.25, 0.3) is 10.9 Å². The van der Waals surface area contributed by atoms with Crippen LogP contribution in [0.15, 0.2) is 22.8 Å². The van der Waals surface area contributed by atoms with Crippen molar-refractivity contribution in [2.45, 2.75) is 12.3 Å². The van der Waals surface area contributed by atoms with Gasteiger partial charge in [0.25, 0.3) is 0 Å². The summed E-state index contributed by atoms with van der Waals surface area (Å²) in [7, 11) is 0. The summed E-state index contributed by atoms with van der Waals surface area (Å²) >= 11 is 9.46. The summed E-state index contributed by atoms with van der Waals surface area (Å²) in [5, 5.41) is 1.27. The van der Waals surface area contributed by atoms with Gasteiger partial charge in [0.1, 0.15) is 12.1 Å². The highest BCUT2D eigenvalue weighted by Gasteiger charge is 2.39. The van der Waals surface area contributed by atoms with Crippen molar-refractivity contribution in [3.05, 3.63) is 39.2 Å². The van der Waals surface area contributed by atoms with Gasteiger partial charge in [-0.2, -0.15) is 0 Å². The molecule has 0 saturated heterocycles. The van der Waals surface area contributed by atoms with Gasteiger partial charge >= 0.3 is 0 Å². The van der Waals surface area contributed by atoms with E-state index in [0.29, 0.717) is 20.4 Å². The molecule has 18 heavy (non-hydrogen) atoms. The normalized spacial score (nSPS) is 22.2. The third-order valence-corrected chi connectivity index (χ3v) is 4.31. The maximum absolute atomic E-state index is 13.4. The molecule has 2 unspecified atom stereocenters. The van der Waals surface area contributed by atoms with Crippen LogP contribution < -0.4 is 0 Å². The Kier molecular flexibility index (Phi) is 2.87. The van der Waals surface area contributed by atoms with Crippen molar-refractivity contribution in [1.29, 1.82) is 0 Å². The van der Waals surface area contributed by atoms with Gasteiger partial charge in [0.15, 0.2) is 0 Å². The smallest absolute Gasteiger partial charge is 0.139 e. The van der Waals surface area contributed by atoms with Crippen molar-refractivity contribution in [3.63, 3.8) is 0 Å². The van der Waals surface area contributed by atoms with Crippen LogP contribution in [0.3, 0.4) is 0 Å². The van der Waals surface area contributed by atoms with Crippen LogP contribution in [0.4, 0.5) is 4.39 Å². The first-order valence-electron chi connectivity index (χ1n) is 5.50. The standard InChI is InChI=1S/C13H8BrClFNO/c14-10-2-8-12(3-11(10)16)17-4-9(13(8)15)7-1-6(7)5-18/h2-7H,1H2. The topological polar surface area (TPSA) is 30.0 Å². The fraction of sp³-hybridized carbons (Fsp3) is 0.231. The fourth-order valence-corrected chi connectivity index (χ4v) is 2.84. The average Bonchev–Trinajstić information content (AvgIpc) is 3.11. The third kappa shape index (κ3) is 1.84. The minimum absolute atomic E-state index is 0.0469. The number of fused-ring (bicyclic) bond motifs is 1. The molecule has 1 aromatic carbocycles. The summed E-state index contributed by atoms with van der Waals surface area (Å²) in [4.78, 5) is 14.9. The van der Waals surface area contributed by atoms with Crippen molar-refractivity contribution in [2.24, 2.45) is 5.92 Å². The first kappa shape index (κ1) is 12.1. The van der Waals surface area contributed by atoms with Gasteiger partial charge in [0, 0.05) is 23.6 Å². The minimum Gasteiger partial charge on any atom is -0.303 e. The van der Waals surface area contributed by atoms with E-state index in [4.69, 9.17) is 11.6 Å². The number of hydrogen-bond donors (Lipinski definition) is 0. The molecule has 0 aliphatic heterocycles. The number of hydrogen-bond acceptors (Lipinski definition) is 2. The van der Waals surface area contributed by atoms with E-state index in [0.717, 1.165) is 18.3 Å². The highest BCUT2D eigenvalue weighted by atomic mass is 79.9. The monoisotopic (exact) mass is 327 g/mol. The number of nitrogens with zero attached hydrogens (tertiary/aromatic N) is 1. The average molecular weight is 329 g/mol. The Morgan fingerprint density at radius 2 is 2.28 bits per heavy atom. The number of aldehydes is 1. The molecule has 1 aromatic heterocycles. The lowest BCUT2D eigenvalue weighted by atomic mass is 10.1. The number of pyridine rings is 1. The Labute approximate surface area is 116 Å². The molecule has 1 saturated carbocycles. The molecule has 1 fully saturated rings. The Morgan fingerprint density at radius 1 is 1.50 bits per heavy atom. The Hall–Kier alpha value is -1.00. The number of benzene rings is 1. The molecular weight excluding hydrogens is 321 g/mol. The van der Waals surface area contributed by atoms with Gasteiger partial charge in [-0.1, -0.05) is 11.6 Å². The molecule has 1 aliphatic rings. The number of aromatic nitrogens is 1. The number of halogens is 3. The molecular formula is C13H8BrClFNO. The molecule has 2 atom stereocenters. The molecule has 0 amide bonds. The van der Waals surface area contributed by atoms with E-state index >= 15 is 0 Å². The molecule has 92 valence electrons. The van der Waals surface area contributed by atoms with Crippen LogP contribution in [-0.4, -0.2) is 11.3 Å². The van der Waals surface area contributed by atoms with Crippen LogP contribution in [0, 0.1) is 11.7 Å². The van der Waals surface area contributed by atoms with Crippen molar-refractivity contribution in [3.8, 4) is 0 Å². The lowest BCUT2D eigenvalue weighted by Crippen LogP contribution is -1.91. The van der Waals surface area contributed by atoms with E-state index in [-0.39, 0.29) is 17.7 Å². The summed E-state index contributed by atoms with van der Waals surface area (Å²) in [6.45, 7) is 0. The summed E-state index contributed by atoms with van der Waals surface area (Å²) < 4.78 is 13.8. The second-order valence-electron chi connectivity index (χ2n) is 4.45. The van der Waals surface area contributed by atoms with Crippen LogP contribution in [0.5, 0.6) is 0 Å². The second-order valence-corrected chi connectivity index (χ2v) is 5.69. The largest absolute Gasteiger partial charge is 0.303 e. The summed E-state index contributed by atoms with van der Waals surface area (Å²) in [6, 6.07) is 2.97. The van der Waals surface area contributed by atoms with Crippen molar-refractivity contribution in [1.82, 2.24) is 4.98 Å². The van der Waals surface area contributed by atoms with Gasteiger partial charge < -0.3 is 4.79 Å². The number of carbonyl (C=O) groups is 1. The van der Waals surface area contributed by atoms with E-state index < -0.39 is 0 Å². The summed E-state index contributed by atoms with van der Waals surface area (Å²) in [6.07, 6.45) is 3.41. The zero-order chi connectivity index (χ0) is 12.9. The Bertz CT molecular complexity index is 661. The predicted octanol–water partition coefficient (Wildman–Crippen LogP) is 4.09. The lowest BCUT2D eigenvalue weighted by molar-refractivity contribution is -0.108. The van der Waals surface area contributed by atoms with Crippen molar-refractivity contribution in [2.75, 3.05) is 0 Å². The molecule has 0 bridgehead atoms. The molecule has 2 nitrogen and oxygen atoms in total. The molecule has 0 radical (unpaired) electrons. The highest BCUT2D eigenvalue weighted by molar-refractivity contribution is 9.10. The highest BCUT2D eigenvalue weighted by Crippen LogP contribution is 2.49. The molecule has 1 heterocycles. The van der Waals surface area contributed by atoms with Crippen LogP contribution in [0.2, 0.25) is 5.02 Å². The molecule has 3 rings (SSSR count). The SMILES string of the molecule is O=CC1CC1c1cnc2cc(F)c(Br)cc2c1Cl. The second kappa shape index (κ2) is 4.28. The quantitative estimate of drug-likeness (QED) is 0.777.